The third kappa shape index (κ3) is 4.50. The molecule has 0 saturated heterocycles. The number of thioether (sulfide) groups is 1. The molecule has 0 fully saturated rings. The molecule has 0 radical (unpaired) electrons. The Morgan fingerprint density at radius 3 is 2.61 bits per heavy atom. The van der Waals surface area contributed by atoms with Gasteiger partial charge in [-0.3, -0.25) is 10.1 Å². The molecule has 1 aromatic carbocycles. The van der Waals surface area contributed by atoms with Crippen molar-refractivity contribution in [2.75, 3.05) is 12.0 Å². The highest BCUT2D eigenvalue weighted by Crippen LogP contribution is 2.12. The molecule has 1 unspecified atom stereocenters. The number of hydrogen-bond donors (Lipinski definition) is 2. The van der Waals surface area contributed by atoms with Gasteiger partial charge in [0, 0.05) is 0 Å². The van der Waals surface area contributed by atoms with E-state index in [9.17, 15) is 9.59 Å². The van der Waals surface area contributed by atoms with Gasteiger partial charge in [-0.05, 0) is 24.0 Å². The molecule has 3 N–H and O–H groups in total. The topological polar surface area (TPSA) is 72.2 Å². The van der Waals surface area contributed by atoms with E-state index in [4.69, 9.17) is 5.73 Å². The first-order valence-electron chi connectivity index (χ1n) is 5.73. The van der Waals surface area contributed by atoms with Gasteiger partial charge in [0.15, 0.2) is 0 Å². The number of carbonyl (C=O) groups excluding carboxylic acids is 2. The number of amides is 1. The van der Waals surface area contributed by atoms with Crippen LogP contribution in [0.4, 0.5) is 0 Å². The summed E-state index contributed by atoms with van der Waals surface area (Å²) in [6.45, 7) is 0. The molecule has 0 aliphatic heterocycles. The highest BCUT2D eigenvalue weighted by molar-refractivity contribution is 7.98. The summed E-state index contributed by atoms with van der Waals surface area (Å²) in [7, 11) is 0. The van der Waals surface area contributed by atoms with Gasteiger partial charge in [-0.2, -0.15) is 11.8 Å². The number of rotatable bonds is 8. The average molecular weight is 266 g/mol. The number of benzene rings is 1. The Labute approximate surface area is 111 Å². The monoisotopic (exact) mass is 266 g/mol. The van der Waals surface area contributed by atoms with Crippen molar-refractivity contribution in [2.24, 2.45) is 5.73 Å². The number of nitrogens with two attached hydrogens (primary N) is 1. The van der Waals surface area contributed by atoms with Gasteiger partial charge in [0.2, 0.25) is 5.91 Å². The van der Waals surface area contributed by atoms with Gasteiger partial charge >= 0.3 is 0 Å². The third-order valence-corrected chi connectivity index (χ3v) is 3.27. The van der Waals surface area contributed by atoms with Gasteiger partial charge in [0.25, 0.3) is 0 Å². The van der Waals surface area contributed by atoms with Crippen LogP contribution in [0.2, 0.25) is 0 Å². The van der Waals surface area contributed by atoms with E-state index in [2.05, 4.69) is 5.32 Å². The van der Waals surface area contributed by atoms with E-state index in [1.807, 2.05) is 36.6 Å². The number of nitrogens with one attached hydrogen (secondary N) is 1. The molecule has 0 saturated carbocycles. The Morgan fingerprint density at radius 1 is 1.44 bits per heavy atom. The van der Waals surface area contributed by atoms with Crippen molar-refractivity contribution in [3.05, 3.63) is 35.9 Å². The van der Waals surface area contributed by atoms with Crippen LogP contribution in [0.25, 0.3) is 0 Å². The molecular formula is C13H18N2O2S. The fraction of sp³-hybridized carbons (Fsp3) is 0.385. The summed E-state index contributed by atoms with van der Waals surface area (Å²) in [6.07, 6.45) is 3.38. The van der Waals surface area contributed by atoms with Crippen molar-refractivity contribution in [1.82, 2.24) is 5.32 Å². The molecule has 1 amide bonds. The molecule has 0 bridgehead atoms. The molecule has 0 aromatic heterocycles. The highest BCUT2D eigenvalue weighted by Gasteiger charge is 2.20. The SMILES string of the molecule is CSCC[C@H](NC(C=O)c1ccccc1)C(N)=O. The van der Waals surface area contributed by atoms with Crippen LogP contribution in [0.1, 0.15) is 18.0 Å². The second-order valence-corrected chi connectivity index (χ2v) is 4.91. The van der Waals surface area contributed by atoms with E-state index >= 15 is 0 Å². The molecule has 2 atom stereocenters. The zero-order chi connectivity index (χ0) is 13.4. The normalized spacial score (nSPS) is 13.8. The highest BCUT2D eigenvalue weighted by atomic mass is 32.2. The molecule has 4 nitrogen and oxygen atoms in total. The van der Waals surface area contributed by atoms with Crippen LogP contribution >= 0.6 is 11.8 Å². The fourth-order valence-corrected chi connectivity index (χ4v) is 2.11. The summed E-state index contributed by atoms with van der Waals surface area (Å²) < 4.78 is 0. The smallest absolute Gasteiger partial charge is 0.234 e. The quantitative estimate of drug-likeness (QED) is 0.692. The molecule has 0 aliphatic rings. The van der Waals surface area contributed by atoms with E-state index in [0.717, 1.165) is 17.6 Å². The summed E-state index contributed by atoms with van der Waals surface area (Å²) in [4.78, 5) is 22.4. The van der Waals surface area contributed by atoms with E-state index in [-0.39, 0.29) is 0 Å². The van der Waals surface area contributed by atoms with Gasteiger partial charge in [-0.25, -0.2) is 0 Å². The summed E-state index contributed by atoms with van der Waals surface area (Å²) in [5, 5.41) is 3.00. The Morgan fingerprint density at radius 2 is 2.11 bits per heavy atom. The van der Waals surface area contributed by atoms with Gasteiger partial charge in [-0.1, -0.05) is 30.3 Å². The van der Waals surface area contributed by atoms with Gasteiger partial charge in [-0.15, -0.1) is 0 Å². The van der Waals surface area contributed by atoms with Crippen molar-refractivity contribution in [3.63, 3.8) is 0 Å². The van der Waals surface area contributed by atoms with E-state index < -0.39 is 18.0 Å². The van der Waals surface area contributed by atoms with Crippen LogP contribution < -0.4 is 11.1 Å². The van der Waals surface area contributed by atoms with E-state index in [1.165, 1.54) is 0 Å². The number of hydrogen-bond acceptors (Lipinski definition) is 4. The first kappa shape index (κ1) is 14.7. The van der Waals surface area contributed by atoms with Crippen LogP contribution in [0, 0.1) is 0 Å². The number of primary amides is 1. The predicted octanol–water partition coefficient (Wildman–Crippen LogP) is 1.12. The lowest BCUT2D eigenvalue weighted by molar-refractivity contribution is -0.120. The molecule has 98 valence electrons. The minimum atomic E-state index is -0.495. The van der Waals surface area contributed by atoms with Crippen molar-refractivity contribution >= 4 is 24.0 Å². The Kier molecular flexibility index (Phi) is 6.46. The van der Waals surface area contributed by atoms with Crippen molar-refractivity contribution in [2.45, 2.75) is 18.5 Å². The van der Waals surface area contributed by atoms with Crippen LogP contribution in [0.3, 0.4) is 0 Å². The van der Waals surface area contributed by atoms with Crippen LogP contribution in [-0.2, 0) is 9.59 Å². The lowest BCUT2D eigenvalue weighted by atomic mass is 10.1. The van der Waals surface area contributed by atoms with Crippen LogP contribution in [0.5, 0.6) is 0 Å². The van der Waals surface area contributed by atoms with Gasteiger partial charge in [0.1, 0.15) is 6.29 Å². The second kappa shape index (κ2) is 7.89. The van der Waals surface area contributed by atoms with Crippen molar-refractivity contribution in [1.29, 1.82) is 0 Å². The van der Waals surface area contributed by atoms with Gasteiger partial charge in [0.05, 0.1) is 12.1 Å². The standard InChI is InChI=1S/C13H18N2O2S/c1-18-8-7-11(13(14)17)15-12(9-16)10-5-3-2-4-6-10/h2-6,9,11-12,15H,7-8H2,1H3,(H2,14,17)/t11-,12?/m0/s1. The first-order valence-corrected chi connectivity index (χ1v) is 7.13. The second-order valence-electron chi connectivity index (χ2n) is 3.93. The zero-order valence-electron chi connectivity index (χ0n) is 10.3. The molecule has 1 aromatic rings. The van der Waals surface area contributed by atoms with Crippen LogP contribution in [-0.4, -0.2) is 30.2 Å². The lowest BCUT2D eigenvalue weighted by Crippen LogP contribution is -2.43. The zero-order valence-corrected chi connectivity index (χ0v) is 11.2. The minimum Gasteiger partial charge on any atom is -0.368 e. The number of aldehydes is 1. The van der Waals surface area contributed by atoms with Crippen molar-refractivity contribution in [3.8, 4) is 0 Å². The predicted molar refractivity (Wildman–Crippen MR) is 74.4 cm³/mol. The lowest BCUT2D eigenvalue weighted by Gasteiger charge is -2.20. The van der Waals surface area contributed by atoms with E-state index in [1.54, 1.807) is 11.8 Å². The van der Waals surface area contributed by atoms with E-state index in [0.29, 0.717) is 6.42 Å². The molecule has 5 heteroatoms. The summed E-state index contributed by atoms with van der Waals surface area (Å²) >= 11 is 1.64. The molecule has 1 rings (SSSR count). The van der Waals surface area contributed by atoms with Crippen LogP contribution in [0.15, 0.2) is 30.3 Å². The Balaban J connectivity index is 2.71. The van der Waals surface area contributed by atoms with Gasteiger partial charge < -0.3 is 10.5 Å². The average Bonchev–Trinajstić information content (AvgIpc) is 2.39. The Bertz CT molecular complexity index is 384. The maximum Gasteiger partial charge on any atom is 0.234 e. The third-order valence-electron chi connectivity index (χ3n) is 2.63. The largest absolute Gasteiger partial charge is 0.368 e. The maximum atomic E-state index is 11.3. The molecule has 0 heterocycles. The Hall–Kier alpha value is -1.33. The molecule has 0 spiro atoms. The maximum absolute atomic E-state index is 11.3. The summed E-state index contributed by atoms with van der Waals surface area (Å²) in [5.74, 6) is 0.396. The minimum absolute atomic E-state index is 0.424. The first-order chi connectivity index (χ1) is 8.69. The van der Waals surface area contributed by atoms with Crippen molar-refractivity contribution < 1.29 is 9.59 Å². The molecule has 0 aliphatic carbocycles. The fourth-order valence-electron chi connectivity index (χ4n) is 1.63. The summed E-state index contributed by atoms with van der Waals surface area (Å²) in [5.41, 5.74) is 6.17. The number of carbonyl (C=O) groups is 2. The summed E-state index contributed by atoms with van der Waals surface area (Å²) in [6, 6.07) is 8.31. The molecular weight excluding hydrogens is 248 g/mol. The molecule has 18 heavy (non-hydrogen) atoms.